The first-order valence-corrected chi connectivity index (χ1v) is 9.56. The highest BCUT2D eigenvalue weighted by Gasteiger charge is 2.67. The lowest BCUT2D eigenvalue weighted by Gasteiger charge is -2.30. The predicted molar refractivity (Wildman–Crippen MR) is 108 cm³/mol. The third kappa shape index (κ3) is 4.12. The molecule has 1 fully saturated rings. The van der Waals surface area contributed by atoms with Gasteiger partial charge in [-0.3, -0.25) is 4.90 Å². The van der Waals surface area contributed by atoms with Crippen LogP contribution in [0.1, 0.15) is 44.0 Å². The number of hydrogen-bond acceptors (Lipinski definition) is 5. The van der Waals surface area contributed by atoms with Crippen molar-refractivity contribution in [3.8, 4) is 0 Å². The van der Waals surface area contributed by atoms with Gasteiger partial charge in [0.1, 0.15) is 11.7 Å². The van der Waals surface area contributed by atoms with Crippen molar-refractivity contribution in [3.05, 3.63) is 71.8 Å². The second-order valence-corrected chi connectivity index (χ2v) is 8.25. The van der Waals surface area contributed by atoms with E-state index in [-0.39, 0.29) is 6.04 Å². The van der Waals surface area contributed by atoms with Crippen LogP contribution in [0, 0.1) is 0 Å². The van der Waals surface area contributed by atoms with Crippen LogP contribution in [-0.2, 0) is 14.3 Å². The van der Waals surface area contributed by atoms with Gasteiger partial charge < -0.3 is 14.6 Å². The quantitative estimate of drug-likeness (QED) is 0.586. The minimum Gasteiger partial charge on any atom is -0.458 e. The topological polar surface area (TPSA) is 58.8 Å². The molecule has 0 amide bonds. The zero-order valence-electron chi connectivity index (χ0n) is 17.0. The fraction of sp³-hybridized carbons (Fsp3) is 0.435. The van der Waals surface area contributed by atoms with Gasteiger partial charge in [0.2, 0.25) is 0 Å². The van der Waals surface area contributed by atoms with E-state index in [1.165, 1.54) is 0 Å². The molecule has 5 heteroatoms. The van der Waals surface area contributed by atoms with Crippen LogP contribution in [0.25, 0.3) is 0 Å². The maximum atomic E-state index is 13.2. The van der Waals surface area contributed by atoms with Crippen LogP contribution in [0.5, 0.6) is 0 Å². The van der Waals surface area contributed by atoms with E-state index in [2.05, 4.69) is 0 Å². The molecule has 0 aliphatic carbocycles. The van der Waals surface area contributed by atoms with E-state index < -0.39 is 23.2 Å². The Kier molecular flexibility index (Phi) is 5.89. The highest BCUT2D eigenvalue weighted by molar-refractivity contribution is 5.86. The summed E-state index contributed by atoms with van der Waals surface area (Å²) in [6.07, 6.45) is -0.994. The number of aliphatic hydroxyl groups excluding tert-OH is 1. The van der Waals surface area contributed by atoms with E-state index in [1.807, 2.05) is 86.3 Å². The zero-order valence-corrected chi connectivity index (χ0v) is 17.0. The Balaban J connectivity index is 1.97. The molecule has 2 unspecified atom stereocenters. The number of aliphatic hydroxyl groups is 1. The molecule has 4 atom stereocenters. The number of carbonyl (C=O) groups excluding carboxylic acids is 1. The minimum atomic E-state index is -1.13. The SMILES string of the molecule is COC[C@@H](c1ccccc1)N1C[C@@]1(C(=O)OC(C)(C)C)C(O)c1ccccc1. The Morgan fingerprint density at radius 1 is 1.07 bits per heavy atom. The van der Waals surface area contributed by atoms with Gasteiger partial charge in [-0.15, -0.1) is 0 Å². The molecule has 0 bridgehead atoms. The lowest BCUT2D eigenvalue weighted by atomic mass is 9.94. The second-order valence-electron chi connectivity index (χ2n) is 8.25. The Morgan fingerprint density at radius 3 is 2.11 bits per heavy atom. The number of benzene rings is 2. The third-order valence-corrected chi connectivity index (χ3v) is 5.03. The fourth-order valence-corrected chi connectivity index (χ4v) is 3.63. The summed E-state index contributed by atoms with van der Waals surface area (Å²) in [5.41, 5.74) is -0.0403. The summed E-state index contributed by atoms with van der Waals surface area (Å²) in [4.78, 5) is 15.2. The van der Waals surface area contributed by atoms with Crippen LogP contribution in [0.15, 0.2) is 60.7 Å². The van der Waals surface area contributed by atoms with Crippen molar-refractivity contribution < 1.29 is 19.4 Å². The summed E-state index contributed by atoms with van der Waals surface area (Å²) in [5.74, 6) is -0.409. The molecule has 2 aromatic rings. The smallest absolute Gasteiger partial charge is 0.331 e. The van der Waals surface area contributed by atoms with E-state index >= 15 is 0 Å². The van der Waals surface area contributed by atoms with Gasteiger partial charge in [0, 0.05) is 13.7 Å². The molecular weight excluding hydrogens is 354 g/mol. The number of methoxy groups -OCH3 is 1. The molecule has 0 aromatic heterocycles. The van der Waals surface area contributed by atoms with E-state index in [0.717, 1.165) is 5.56 Å². The average molecular weight is 383 g/mol. The molecule has 1 N–H and O–H groups in total. The summed E-state index contributed by atoms with van der Waals surface area (Å²) < 4.78 is 11.2. The van der Waals surface area contributed by atoms with Crippen LogP contribution in [0.3, 0.4) is 0 Å². The van der Waals surface area contributed by atoms with Gasteiger partial charge in [0.05, 0.1) is 12.6 Å². The first-order chi connectivity index (χ1) is 13.3. The molecule has 1 heterocycles. The first kappa shape index (κ1) is 20.5. The molecule has 0 radical (unpaired) electrons. The summed E-state index contributed by atoms with van der Waals surface area (Å²) in [7, 11) is 1.64. The number of esters is 1. The summed E-state index contributed by atoms with van der Waals surface area (Å²) in [6.45, 7) is 6.33. The molecule has 28 heavy (non-hydrogen) atoms. The highest BCUT2D eigenvalue weighted by Crippen LogP contribution is 2.50. The number of rotatable bonds is 7. The van der Waals surface area contributed by atoms with Gasteiger partial charge in [0.15, 0.2) is 5.54 Å². The van der Waals surface area contributed by atoms with Gasteiger partial charge >= 0.3 is 5.97 Å². The Bertz CT molecular complexity index is 787. The monoisotopic (exact) mass is 383 g/mol. The van der Waals surface area contributed by atoms with Crippen molar-refractivity contribution in [2.24, 2.45) is 0 Å². The molecule has 1 aliphatic rings. The van der Waals surface area contributed by atoms with Crippen molar-refractivity contribution in [1.82, 2.24) is 4.90 Å². The Morgan fingerprint density at radius 2 is 1.61 bits per heavy atom. The van der Waals surface area contributed by atoms with Crippen LogP contribution in [0.2, 0.25) is 0 Å². The van der Waals surface area contributed by atoms with Crippen molar-refractivity contribution in [2.45, 2.75) is 44.1 Å². The number of ether oxygens (including phenoxy) is 2. The van der Waals surface area contributed by atoms with Crippen LogP contribution in [-0.4, -0.2) is 47.4 Å². The molecule has 0 spiro atoms. The third-order valence-electron chi connectivity index (χ3n) is 5.03. The summed E-state index contributed by atoms with van der Waals surface area (Å²) in [5, 5.41) is 11.2. The van der Waals surface area contributed by atoms with E-state index in [9.17, 15) is 9.90 Å². The normalized spacial score (nSPS) is 23.7. The molecule has 1 saturated heterocycles. The van der Waals surface area contributed by atoms with Crippen LogP contribution < -0.4 is 0 Å². The summed E-state index contributed by atoms with van der Waals surface area (Å²) >= 11 is 0. The van der Waals surface area contributed by atoms with Crippen LogP contribution in [0.4, 0.5) is 0 Å². The molecular formula is C23H29NO4. The molecule has 150 valence electrons. The molecule has 5 nitrogen and oxygen atoms in total. The second kappa shape index (κ2) is 8.03. The molecule has 0 saturated carbocycles. The molecule has 3 rings (SSSR count). The average Bonchev–Trinajstić information content (AvgIpc) is 3.42. The van der Waals surface area contributed by atoms with Crippen LogP contribution >= 0.6 is 0 Å². The Labute approximate surface area is 166 Å². The number of nitrogens with zero attached hydrogens (tertiary/aromatic N) is 1. The molecule has 2 aromatic carbocycles. The van der Waals surface area contributed by atoms with Gasteiger partial charge in [-0.25, -0.2) is 4.79 Å². The van der Waals surface area contributed by atoms with Crippen molar-refractivity contribution in [3.63, 3.8) is 0 Å². The summed E-state index contributed by atoms with van der Waals surface area (Å²) in [6, 6.07) is 19.0. The fourth-order valence-electron chi connectivity index (χ4n) is 3.63. The largest absolute Gasteiger partial charge is 0.458 e. The highest BCUT2D eigenvalue weighted by atomic mass is 16.6. The van der Waals surface area contributed by atoms with E-state index in [1.54, 1.807) is 7.11 Å². The maximum absolute atomic E-state index is 13.2. The van der Waals surface area contributed by atoms with Gasteiger partial charge in [0.25, 0.3) is 0 Å². The standard InChI is InChI=1S/C23H29NO4/c1-22(2,3)28-21(26)23(20(25)18-13-9-6-10-14-18)16-24(23)19(15-27-4)17-11-7-5-8-12-17/h5-14,19-20,25H,15-16H2,1-4H3/t19-,20?,23-,24?/m0/s1. The van der Waals surface area contributed by atoms with Gasteiger partial charge in [-0.1, -0.05) is 60.7 Å². The predicted octanol–water partition coefficient (Wildman–Crippen LogP) is 3.50. The number of carbonyl (C=O) groups is 1. The van der Waals surface area contributed by atoms with Crippen molar-refractivity contribution in [1.29, 1.82) is 0 Å². The zero-order chi connectivity index (χ0) is 20.4. The minimum absolute atomic E-state index is 0.155. The lowest BCUT2D eigenvalue weighted by molar-refractivity contribution is -0.164. The lowest BCUT2D eigenvalue weighted by Crippen LogP contribution is -2.42. The number of hydrogen-bond donors (Lipinski definition) is 1. The van der Waals surface area contributed by atoms with E-state index in [0.29, 0.717) is 18.7 Å². The van der Waals surface area contributed by atoms with Gasteiger partial charge in [-0.05, 0) is 31.9 Å². The van der Waals surface area contributed by atoms with Crippen molar-refractivity contribution in [2.75, 3.05) is 20.3 Å². The van der Waals surface area contributed by atoms with Gasteiger partial charge in [-0.2, -0.15) is 0 Å². The van der Waals surface area contributed by atoms with E-state index in [4.69, 9.17) is 9.47 Å². The molecule has 1 aliphatic heterocycles. The van der Waals surface area contributed by atoms with Crippen molar-refractivity contribution >= 4 is 5.97 Å². The maximum Gasteiger partial charge on any atom is 0.331 e. The Hall–Kier alpha value is -2.21. The first-order valence-electron chi connectivity index (χ1n) is 9.56.